The van der Waals surface area contributed by atoms with Crippen LogP contribution in [0.15, 0.2) is 60.7 Å². The van der Waals surface area contributed by atoms with Gasteiger partial charge in [-0.25, -0.2) is 9.18 Å². The molecule has 4 aromatic rings. The van der Waals surface area contributed by atoms with Gasteiger partial charge in [0.2, 0.25) is 0 Å². The van der Waals surface area contributed by atoms with Crippen LogP contribution >= 0.6 is 22.9 Å². The predicted molar refractivity (Wildman–Crippen MR) is 175 cm³/mol. The van der Waals surface area contributed by atoms with Gasteiger partial charge < -0.3 is 19.6 Å². The number of nitrogens with zero attached hydrogens (tertiary/aromatic N) is 3. The van der Waals surface area contributed by atoms with Gasteiger partial charge in [-0.1, -0.05) is 35.9 Å². The molecule has 2 amide bonds. The number of hydrogen-bond donors (Lipinski definition) is 1. The van der Waals surface area contributed by atoms with Crippen LogP contribution in [0.2, 0.25) is 5.02 Å². The molecule has 0 bridgehead atoms. The van der Waals surface area contributed by atoms with Gasteiger partial charge in [0.05, 0.1) is 16.7 Å². The number of aromatic hydroxyl groups is 1. The third-order valence-corrected chi connectivity index (χ3v) is 9.80. The Morgan fingerprint density at radius 3 is 2.31 bits per heavy atom. The topological polar surface area (TPSA) is 93.9 Å². The van der Waals surface area contributed by atoms with Crippen molar-refractivity contribution in [2.45, 2.75) is 70.7 Å². The van der Waals surface area contributed by atoms with Gasteiger partial charge in [0, 0.05) is 41.3 Å². The Morgan fingerprint density at radius 2 is 1.69 bits per heavy atom. The average molecular weight is 648 g/mol. The van der Waals surface area contributed by atoms with E-state index >= 15 is 0 Å². The maximum atomic E-state index is 14.7. The number of carbonyl (C=O) groups is 2. The van der Waals surface area contributed by atoms with E-state index in [2.05, 4.69) is 6.07 Å². The monoisotopic (exact) mass is 647 g/mol. The lowest BCUT2D eigenvalue weighted by atomic mass is 9.89. The highest BCUT2D eigenvalue weighted by atomic mass is 35.5. The van der Waals surface area contributed by atoms with Crippen molar-refractivity contribution >= 4 is 45.0 Å². The molecule has 1 N–H and O–H groups in total. The minimum atomic E-state index is -0.608. The maximum Gasteiger partial charge on any atom is 0.410 e. The van der Waals surface area contributed by atoms with Crippen LogP contribution in [0.3, 0.4) is 0 Å². The van der Waals surface area contributed by atoms with E-state index in [0.29, 0.717) is 41.5 Å². The first-order chi connectivity index (χ1) is 21.4. The van der Waals surface area contributed by atoms with E-state index in [1.165, 1.54) is 6.07 Å². The second-order valence-electron chi connectivity index (χ2n) is 12.4. The zero-order valence-corrected chi connectivity index (χ0v) is 27.2. The summed E-state index contributed by atoms with van der Waals surface area (Å²) in [6, 6.07) is 18.9. The number of benzene rings is 3. The summed E-state index contributed by atoms with van der Waals surface area (Å²) in [5.74, 6) is -0.789. The first-order valence-electron chi connectivity index (χ1n) is 14.8. The van der Waals surface area contributed by atoms with Crippen molar-refractivity contribution in [1.82, 2.24) is 9.80 Å². The Morgan fingerprint density at radius 1 is 1.04 bits per heavy atom. The average Bonchev–Trinajstić information content (AvgIpc) is 3.36. The highest BCUT2D eigenvalue weighted by molar-refractivity contribution is 7.21. The molecular formula is C35H35ClFN3O4S. The molecule has 1 aliphatic rings. The lowest BCUT2D eigenvalue weighted by Gasteiger charge is -2.40. The van der Waals surface area contributed by atoms with Crippen molar-refractivity contribution in [3.8, 4) is 22.9 Å². The summed E-state index contributed by atoms with van der Waals surface area (Å²) in [6.07, 6.45) is 2.13. The molecule has 10 heteroatoms. The van der Waals surface area contributed by atoms with Crippen LogP contribution in [0.4, 0.5) is 9.18 Å². The van der Waals surface area contributed by atoms with Crippen LogP contribution in [0.25, 0.3) is 21.2 Å². The van der Waals surface area contributed by atoms with Gasteiger partial charge in [-0.2, -0.15) is 5.26 Å². The molecule has 234 valence electrons. The molecule has 1 saturated carbocycles. The predicted octanol–water partition coefficient (Wildman–Crippen LogP) is 8.76. The molecule has 0 aliphatic heterocycles. The second kappa shape index (κ2) is 13.1. The number of rotatable bonds is 6. The maximum absolute atomic E-state index is 14.7. The quantitative estimate of drug-likeness (QED) is 0.226. The van der Waals surface area contributed by atoms with Gasteiger partial charge >= 0.3 is 6.09 Å². The normalized spacial score (nSPS) is 16.6. The smallest absolute Gasteiger partial charge is 0.410 e. The third kappa shape index (κ3) is 7.08. The molecule has 1 aliphatic carbocycles. The molecule has 3 aromatic carbocycles. The van der Waals surface area contributed by atoms with E-state index in [1.807, 2.05) is 39.0 Å². The molecule has 1 fully saturated rings. The Balaban J connectivity index is 1.45. The molecular weight excluding hydrogens is 613 g/mol. The molecule has 0 saturated heterocycles. The molecule has 0 unspecified atom stereocenters. The first-order valence-corrected chi connectivity index (χ1v) is 16.0. The zero-order chi connectivity index (χ0) is 32.5. The number of fused-ring (bicyclic) bond motifs is 1. The van der Waals surface area contributed by atoms with Crippen LogP contribution in [0.5, 0.6) is 5.75 Å². The standard InChI is InChI=1S/C35H35ClFN3O4S/c1-35(2,3)44-34(43)39(4)25-13-15-26(16-14-25)40(33(42)32-31(36)30-27(37)6-5-7-29(30)45-32)20-24-18-23(12-17-28(24)41)22-10-8-21(19-38)9-11-22/h5-12,17-18,25-26,41H,13-16,20H2,1-4H3. The van der Waals surface area contributed by atoms with Crippen molar-refractivity contribution in [2.75, 3.05) is 7.05 Å². The number of phenols is 1. The van der Waals surface area contributed by atoms with E-state index in [1.54, 1.807) is 53.2 Å². The SMILES string of the molecule is CN(C(=O)OC(C)(C)C)C1CCC(N(Cc2cc(-c3ccc(C#N)cc3)ccc2O)C(=O)c2sc3cccc(F)c3c2Cl)CC1. The molecule has 0 atom stereocenters. The van der Waals surface area contributed by atoms with Crippen LogP contribution in [-0.4, -0.2) is 51.6 Å². The number of carbonyl (C=O) groups excluding carboxylic acids is 2. The Hall–Kier alpha value is -4.13. The second-order valence-corrected chi connectivity index (χ2v) is 13.8. The molecule has 1 heterocycles. The van der Waals surface area contributed by atoms with Crippen molar-refractivity contribution in [3.63, 3.8) is 0 Å². The molecule has 45 heavy (non-hydrogen) atoms. The van der Waals surface area contributed by atoms with Gasteiger partial charge in [0.15, 0.2) is 0 Å². The van der Waals surface area contributed by atoms with Crippen molar-refractivity contribution in [3.05, 3.63) is 87.5 Å². The Kier molecular flexibility index (Phi) is 9.38. The fourth-order valence-electron chi connectivity index (χ4n) is 5.76. The van der Waals surface area contributed by atoms with Crippen LogP contribution in [0, 0.1) is 17.1 Å². The van der Waals surface area contributed by atoms with Gasteiger partial charge in [0.25, 0.3) is 5.91 Å². The number of ether oxygens (including phenoxy) is 1. The first kappa shape index (κ1) is 32.3. The molecule has 7 nitrogen and oxygen atoms in total. The van der Waals surface area contributed by atoms with Crippen LogP contribution in [0.1, 0.15) is 67.3 Å². The fourth-order valence-corrected chi connectivity index (χ4v) is 7.27. The van der Waals surface area contributed by atoms with E-state index < -0.39 is 11.4 Å². The van der Waals surface area contributed by atoms with Crippen LogP contribution < -0.4 is 0 Å². The summed E-state index contributed by atoms with van der Waals surface area (Å²) in [7, 11) is 1.74. The fraction of sp³-hybridized carbons (Fsp3) is 0.343. The Bertz CT molecular complexity index is 1770. The van der Waals surface area contributed by atoms with Gasteiger partial charge in [-0.05, 0) is 94.0 Å². The highest BCUT2D eigenvalue weighted by Crippen LogP contribution is 2.40. The number of nitriles is 1. The number of hydrogen-bond acceptors (Lipinski definition) is 6. The largest absolute Gasteiger partial charge is 0.508 e. The van der Waals surface area contributed by atoms with Crippen molar-refractivity contribution in [2.24, 2.45) is 0 Å². The van der Waals surface area contributed by atoms with Gasteiger partial charge in [-0.15, -0.1) is 11.3 Å². The summed E-state index contributed by atoms with van der Waals surface area (Å²) >= 11 is 7.80. The zero-order valence-electron chi connectivity index (χ0n) is 25.6. The minimum absolute atomic E-state index is 0.0389. The molecule has 0 radical (unpaired) electrons. The minimum Gasteiger partial charge on any atom is -0.508 e. The molecule has 1 aromatic heterocycles. The highest BCUT2D eigenvalue weighted by Gasteiger charge is 2.35. The third-order valence-electron chi connectivity index (χ3n) is 8.17. The number of phenolic OH excluding ortho intramolecular Hbond substituents is 1. The van der Waals surface area contributed by atoms with Gasteiger partial charge in [-0.3, -0.25) is 4.79 Å². The molecule has 0 spiro atoms. The van der Waals surface area contributed by atoms with Crippen molar-refractivity contribution < 1.29 is 23.8 Å². The van der Waals surface area contributed by atoms with E-state index in [4.69, 9.17) is 16.3 Å². The van der Waals surface area contributed by atoms with E-state index in [-0.39, 0.29) is 51.7 Å². The van der Waals surface area contributed by atoms with Gasteiger partial charge in [0.1, 0.15) is 22.0 Å². The summed E-state index contributed by atoms with van der Waals surface area (Å²) < 4.78 is 20.9. The van der Waals surface area contributed by atoms with Crippen molar-refractivity contribution in [1.29, 1.82) is 5.26 Å². The van der Waals surface area contributed by atoms with Crippen LogP contribution in [-0.2, 0) is 11.3 Å². The number of amides is 2. The van der Waals surface area contributed by atoms with E-state index in [0.717, 1.165) is 22.5 Å². The van der Waals surface area contributed by atoms with E-state index in [9.17, 15) is 24.3 Å². The lowest BCUT2D eigenvalue weighted by molar-refractivity contribution is 0.0144. The lowest BCUT2D eigenvalue weighted by Crippen LogP contribution is -2.47. The Labute approximate surface area is 271 Å². The summed E-state index contributed by atoms with van der Waals surface area (Å²) in [5, 5.41) is 20.4. The summed E-state index contributed by atoms with van der Waals surface area (Å²) in [6.45, 7) is 5.58. The summed E-state index contributed by atoms with van der Waals surface area (Å²) in [5.41, 5.74) is 2.16. The summed E-state index contributed by atoms with van der Waals surface area (Å²) in [4.78, 5) is 30.6. The molecule has 5 rings (SSSR count). The number of thiophene rings is 1. The number of halogens is 2.